The van der Waals surface area contributed by atoms with E-state index in [0.29, 0.717) is 13.1 Å². The number of carbonyl (C=O) groups excluding carboxylic acids is 2. The quantitative estimate of drug-likeness (QED) is 0.657. The van der Waals surface area contributed by atoms with Gasteiger partial charge in [0.25, 0.3) is 0 Å². The van der Waals surface area contributed by atoms with E-state index in [-0.39, 0.29) is 17.6 Å². The highest BCUT2D eigenvalue weighted by atomic mass is 35.5. The Hall–Kier alpha value is -0.570. The maximum Gasteiger partial charge on any atom is 0.240 e. The molecule has 0 aromatic heterocycles. The van der Waals surface area contributed by atoms with Crippen molar-refractivity contribution >= 4 is 23.3 Å². The lowest BCUT2D eigenvalue weighted by molar-refractivity contribution is -0.134. The van der Waals surface area contributed by atoms with Crippen molar-refractivity contribution in [3.63, 3.8) is 0 Å². The number of amides is 1. The number of ketones is 1. The van der Waals surface area contributed by atoms with Crippen LogP contribution in [-0.2, 0) is 9.59 Å². The molecule has 0 aromatic rings. The summed E-state index contributed by atoms with van der Waals surface area (Å²) in [6, 6.07) is 0. The number of carbonyl (C=O) groups is 2. The van der Waals surface area contributed by atoms with Crippen molar-refractivity contribution in [1.29, 1.82) is 0 Å². The van der Waals surface area contributed by atoms with Crippen molar-refractivity contribution < 1.29 is 9.59 Å². The topological polar surface area (TPSA) is 37.4 Å². The normalized spacial score (nSPS) is 20.6. The van der Waals surface area contributed by atoms with Gasteiger partial charge in [-0.05, 0) is 26.7 Å². The van der Waals surface area contributed by atoms with Gasteiger partial charge in [0.2, 0.25) is 5.91 Å². The Morgan fingerprint density at radius 1 is 1.36 bits per heavy atom. The van der Waals surface area contributed by atoms with Crippen molar-refractivity contribution in [3.8, 4) is 0 Å². The zero-order valence-corrected chi connectivity index (χ0v) is 9.38. The molecule has 0 bridgehead atoms. The third kappa shape index (κ3) is 2.71. The minimum Gasteiger partial charge on any atom is -0.341 e. The van der Waals surface area contributed by atoms with Gasteiger partial charge in [0.15, 0.2) is 0 Å². The van der Waals surface area contributed by atoms with Crippen LogP contribution in [-0.4, -0.2) is 35.1 Å². The fourth-order valence-corrected chi connectivity index (χ4v) is 1.90. The first-order chi connectivity index (χ1) is 6.52. The zero-order chi connectivity index (χ0) is 10.7. The van der Waals surface area contributed by atoms with Gasteiger partial charge in [0.1, 0.15) is 11.2 Å². The van der Waals surface area contributed by atoms with E-state index in [0.717, 1.165) is 12.8 Å². The van der Waals surface area contributed by atoms with Crippen LogP contribution in [0.25, 0.3) is 0 Å². The predicted octanol–water partition coefficient (Wildman–Crippen LogP) is 1.44. The van der Waals surface area contributed by atoms with Gasteiger partial charge in [-0.2, -0.15) is 0 Å². The molecule has 1 amide bonds. The summed E-state index contributed by atoms with van der Waals surface area (Å²) in [7, 11) is 0. The average Bonchev–Trinajstić information content (AvgIpc) is 2.16. The van der Waals surface area contributed by atoms with Crippen LogP contribution in [0.4, 0.5) is 0 Å². The summed E-state index contributed by atoms with van der Waals surface area (Å²) >= 11 is 5.70. The second kappa shape index (κ2) is 4.78. The van der Waals surface area contributed by atoms with E-state index >= 15 is 0 Å². The number of halogens is 1. The molecule has 0 N–H and O–H groups in total. The number of alkyl halides is 1. The van der Waals surface area contributed by atoms with Crippen molar-refractivity contribution in [2.24, 2.45) is 5.92 Å². The molecule has 1 atom stereocenters. The summed E-state index contributed by atoms with van der Waals surface area (Å²) in [6.07, 6.45) is 1.56. The highest BCUT2D eigenvalue weighted by Crippen LogP contribution is 2.19. The molecule has 0 saturated carbocycles. The van der Waals surface area contributed by atoms with E-state index < -0.39 is 5.38 Å². The summed E-state index contributed by atoms with van der Waals surface area (Å²) in [4.78, 5) is 24.3. The van der Waals surface area contributed by atoms with E-state index in [1.807, 2.05) is 0 Å². The molecule has 1 heterocycles. The Morgan fingerprint density at radius 2 is 1.86 bits per heavy atom. The van der Waals surface area contributed by atoms with Crippen LogP contribution in [0.3, 0.4) is 0 Å². The lowest BCUT2D eigenvalue weighted by Crippen LogP contribution is -2.42. The Bertz CT molecular complexity index is 232. The minimum absolute atomic E-state index is 0.0198. The molecule has 4 heteroatoms. The Labute approximate surface area is 89.4 Å². The number of likely N-dealkylation sites (tertiary alicyclic amines) is 1. The van der Waals surface area contributed by atoms with Crippen LogP contribution in [0, 0.1) is 5.92 Å². The van der Waals surface area contributed by atoms with Gasteiger partial charge in [-0.15, -0.1) is 11.6 Å². The van der Waals surface area contributed by atoms with Gasteiger partial charge in [-0.3, -0.25) is 9.59 Å². The van der Waals surface area contributed by atoms with Crippen LogP contribution in [0.15, 0.2) is 0 Å². The lowest BCUT2D eigenvalue weighted by atomic mass is 9.93. The van der Waals surface area contributed by atoms with Gasteiger partial charge >= 0.3 is 0 Å². The molecule has 1 aliphatic rings. The van der Waals surface area contributed by atoms with Gasteiger partial charge in [0, 0.05) is 19.0 Å². The summed E-state index contributed by atoms with van der Waals surface area (Å²) in [6.45, 7) is 4.63. The second-order valence-corrected chi connectivity index (χ2v) is 4.48. The first-order valence-electron chi connectivity index (χ1n) is 4.95. The zero-order valence-electron chi connectivity index (χ0n) is 8.62. The third-order valence-electron chi connectivity index (χ3n) is 2.72. The number of nitrogens with zero attached hydrogens (tertiary/aromatic N) is 1. The molecule has 0 aliphatic carbocycles. The second-order valence-electron chi connectivity index (χ2n) is 3.83. The molecule has 14 heavy (non-hydrogen) atoms. The van der Waals surface area contributed by atoms with Crippen LogP contribution in [0.5, 0.6) is 0 Å². The van der Waals surface area contributed by atoms with E-state index in [9.17, 15) is 9.59 Å². The van der Waals surface area contributed by atoms with Crippen LogP contribution < -0.4 is 0 Å². The van der Waals surface area contributed by atoms with E-state index in [1.54, 1.807) is 18.7 Å². The summed E-state index contributed by atoms with van der Waals surface area (Å²) in [5.74, 6) is 0.356. The Balaban J connectivity index is 2.43. The fourth-order valence-electron chi connectivity index (χ4n) is 1.76. The molecular weight excluding hydrogens is 202 g/mol. The molecule has 1 unspecified atom stereocenters. The molecular formula is C10H16ClNO2. The fraction of sp³-hybridized carbons (Fsp3) is 0.800. The number of rotatable bonds is 2. The lowest BCUT2D eigenvalue weighted by Gasteiger charge is -2.31. The van der Waals surface area contributed by atoms with Crippen molar-refractivity contribution in [1.82, 2.24) is 4.90 Å². The summed E-state index contributed by atoms with van der Waals surface area (Å²) < 4.78 is 0. The standard InChI is InChI=1S/C10H16ClNO2/c1-7(11)10(14)12-5-3-9(4-6-12)8(2)13/h7,9H,3-6H2,1-2H3. The molecule has 0 radical (unpaired) electrons. The third-order valence-corrected chi connectivity index (χ3v) is 2.91. The maximum absolute atomic E-state index is 11.5. The molecule has 1 aliphatic heterocycles. The predicted molar refractivity (Wildman–Crippen MR) is 55.3 cm³/mol. The molecule has 80 valence electrons. The van der Waals surface area contributed by atoms with E-state index in [1.165, 1.54) is 0 Å². The van der Waals surface area contributed by atoms with Gasteiger partial charge in [0.05, 0.1) is 0 Å². The van der Waals surface area contributed by atoms with Crippen LogP contribution >= 0.6 is 11.6 Å². The summed E-state index contributed by atoms with van der Waals surface area (Å²) in [5, 5.41) is -0.455. The molecule has 0 spiro atoms. The van der Waals surface area contributed by atoms with Gasteiger partial charge in [-0.1, -0.05) is 0 Å². The Morgan fingerprint density at radius 3 is 2.21 bits per heavy atom. The minimum atomic E-state index is -0.455. The van der Waals surface area contributed by atoms with Crippen molar-refractivity contribution in [2.75, 3.05) is 13.1 Å². The molecule has 0 aromatic carbocycles. The maximum atomic E-state index is 11.5. The molecule has 3 nitrogen and oxygen atoms in total. The summed E-state index contributed by atoms with van der Waals surface area (Å²) in [5.41, 5.74) is 0. The number of piperidine rings is 1. The average molecular weight is 218 g/mol. The van der Waals surface area contributed by atoms with E-state index in [4.69, 9.17) is 11.6 Å². The van der Waals surface area contributed by atoms with Gasteiger partial charge < -0.3 is 4.90 Å². The van der Waals surface area contributed by atoms with Crippen molar-refractivity contribution in [3.05, 3.63) is 0 Å². The number of hydrogen-bond acceptors (Lipinski definition) is 2. The molecule has 1 rings (SSSR count). The molecule has 1 saturated heterocycles. The monoisotopic (exact) mass is 217 g/mol. The highest BCUT2D eigenvalue weighted by molar-refractivity contribution is 6.30. The van der Waals surface area contributed by atoms with Crippen LogP contribution in [0.1, 0.15) is 26.7 Å². The first-order valence-corrected chi connectivity index (χ1v) is 5.39. The largest absolute Gasteiger partial charge is 0.341 e. The number of Topliss-reactive ketones (excluding diaryl/α,β-unsaturated/α-hetero) is 1. The van der Waals surface area contributed by atoms with Crippen LogP contribution in [0.2, 0.25) is 0 Å². The number of hydrogen-bond donors (Lipinski definition) is 0. The van der Waals surface area contributed by atoms with Crippen molar-refractivity contribution in [2.45, 2.75) is 32.1 Å². The highest BCUT2D eigenvalue weighted by Gasteiger charge is 2.26. The van der Waals surface area contributed by atoms with Gasteiger partial charge in [-0.25, -0.2) is 0 Å². The van der Waals surface area contributed by atoms with E-state index in [2.05, 4.69) is 0 Å². The smallest absolute Gasteiger partial charge is 0.240 e. The SMILES string of the molecule is CC(=O)C1CCN(C(=O)C(C)Cl)CC1. The Kier molecular flexibility index (Phi) is 3.93. The first kappa shape index (κ1) is 11.5. The molecule has 1 fully saturated rings.